The lowest BCUT2D eigenvalue weighted by Gasteiger charge is -1.97. The fourth-order valence-electron chi connectivity index (χ4n) is 1.67. The van der Waals surface area contributed by atoms with E-state index in [0.29, 0.717) is 6.04 Å². The number of nitrogens with two attached hydrogens (primary N) is 2. The molecule has 1 aromatic carbocycles. The summed E-state index contributed by atoms with van der Waals surface area (Å²) in [6, 6.07) is 6.36. The summed E-state index contributed by atoms with van der Waals surface area (Å²) in [6.07, 6.45) is 2.00. The zero-order chi connectivity index (χ0) is 7.84. The van der Waals surface area contributed by atoms with E-state index < -0.39 is 0 Å². The molecule has 0 saturated carbocycles. The second-order valence-corrected chi connectivity index (χ2v) is 3.20. The third kappa shape index (κ3) is 2.50. The van der Waals surface area contributed by atoms with Gasteiger partial charge in [0.05, 0.1) is 0 Å². The van der Waals surface area contributed by atoms with E-state index in [1.165, 1.54) is 11.1 Å². The lowest BCUT2D eigenvalue weighted by Crippen LogP contribution is -2.18. The number of hydrogen-bond donors (Lipinski definition) is 2. The summed E-state index contributed by atoms with van der Waals surface area (Å²) in [4.78, 5) is 0. The Hall–Kier alpha value is -0.440. The van der Waals surface area contributed by atoms with E-state index in [2.05, 4.69) is 6.07 Å². The van der Waals surface area contributed by atoms with Crippen molar-refractivity contribution in [1.82, 2.24) is 0 Å². The number of halogens is 2. The fraction of sp³-hybridized carbons (Fsp3) is 0.333. The van der Waals surface area contributed by atoms with Gasteiger partial charge in [-0.3, -0.25) is 0 Å². The first kappa shape index (κ1) is 12.6. The SMILES string of the molecule is Cl.Cl.Nc1ccc2c(c1)CC(N)C2. The molecule has 1 aliphatic carbocycles. The van der Waals surface area contributed by atoms with Crippen LogP contribution in [0.2, 0.25) is 0 Å². The Kier molecular flexibility index (Phi) is 4.54. The molecule has 0 heterocycles. The Morgan fingerprint density at radius 1 is 1.08 bits per heavy atom. The van der Waals surface area contributed by atoms with Crippen LogP contribution in [0, 0.1) is 0 Å². The van der Waals surface area contributed by atoms with Crippen LogP contribution in [0.5, 0.6) is 0 Å². The number of fused-ring (bicyclic) bond motifs is 1. The maximum Gasteiger partial charge on any atom is 0.0316 e. The van der Waals surface area contributed by atoms with Crippen LogP contribution in [0.3, 0.4) is 0 Å². The van der Waals surface area contributed by atoms with Crippen molar-refractivity contribution in [3.63, 3.8) is 0 Å². The number of hydrogen-bond acceptors (Lipinski definition) is 2. The molecule has 0 bridgehead atoms. The van der Waals surface area contributed by atoms with Crippen molar-refractivity contribution in [1.29, 1.82) is 0 Å². The van der Waals surface area contributed by atoms with Gasteiger partial charge in [0.1, 0.15) is 0 Å². The maximum absolute atomic E-state index is 5.79. The summed E-state index contributed by atoms with van der Waals surface area (Å²) >= 11 is 0. The smallest absolute Gasteiger partial charge is 0.0316 e. The van der Waals surface area contributed by atoms with E-state index in [9.17, 15) is 0 Å². The van der Waals surface area contributed by atoms with Crippen LogP contribution in [-0.2, 0) is 12.8 Å². The van der Waals surface area contributed by atoms with Crippen molar-refractivity contribution >= 4 is 30.5 Å². The minimum Gasteiger partial charge on any atom is -0.399 e. The fourth-order valence-corrected chi connectivity index (χ4v) is 1.67. The van der Waals surface area contributed by atoms with Gasteiger partial charge >= 0.3 is 0 Å². The normalized spacial score (nSPS) is 18.4. The Labute approximate surface area is 90.5 Å². The molecule has 13 heavy (non-hydrogen) atoms. The van der Waals surface area contributed by atoms with Crippen LogP contribution in [0.4, 0.5) is 5.69 Å². The van der Waals surface area contributed by atoms with Crippen LogP contribution in [0.25, 0.3) is 0 Å². The summed E-state index contributed by atoms with van der Waals surface area (Å²) in [5.41, 5.74) is 15.0. The standard InChI is InChI=1S/C9H12N2.2ClH/c10-8-2-1-6-3-9(11)5-7(6)4-8;;/h1-2,4,9H,3,5,10-11H2;2*1H. The monoisotopic (exact) mass is 220 g/mol. The van der Waals surface area contributed by atoms with Gasteiger partial charge in [0, 0.05) is 11.7 Å². The van der Waals surface area contributed by atoms with Crippen LogP contribution in [0.15, 0.2) is 18.2 Å². The van der Waals surface area contributed by atoms with Gasteiger partial charge in [0.15, 0.2) is 0 Å². The zero-order valence-corrected chi connectivity index (χ0v) is 8.83. The van der Waals surface area contributed by atoms with Crippen LogP contribution >= 0.6 is 24.8 Å². The number of anilines is 1. The Morgan fingerprint density at radius 2 is 1.69 bits per heavy atom. The highest BCUT2D eigenvalue weighted by Crippen LogP contribution is 2.22. The van der Waals surface area contributed by atoms with Crippen molar-refractivity contribution in [3.05, 3.63) is 29.3 Å². The largest absolute Gasteiger partial charge is 0.399 e. The molecule has 0 spiro atoms. The predicted octanol–water partition coefficient (Wildman–Crippen LogP) is 1.54. The molecule has 1 unspecified atom stereocenters. The first-order valence-corrected chi connectivity index (χ1v) is 3.88. The molecule has 4 N–H and O–H groups in total. The van der Waals surface area contributed by atoms with Crippen molar-refractivity contribution in [2.75, 3.05) is 5.73 Å². The third-order valence-corrected chi connectivity index (χ3v) is 2.19. The number of rotatable bonds is 0. The second kappa shape index (κ2) is 4.70. The summed E-state index contributed by atoms with van der Waals surface area (Å²) in [5, 5.41) is 0. The summed E-state index contributed by atoms with van der Waals surface area (Å²) in [6.45, 7) is 0. The molecule has 0 radical (unpaired) electrons. The van der Waals surface area contributed by atoms with Gasteiger partial charge in [-0.05, 0) is 36.1 Å². The average molecular weight is 221 g/mol. The molecule has 1 aromatic rings. The molecule has 4 heteroatoms. The molecule has 2 nitrogen and oxygen atoms in total. The van der Waals surface area contributed by atoms with Gasteiger partial charge in [-0.15, -0.1) is 24.8 Å². The van der Waals surface area contributed by atoms with Gasteiger partial charge in [-0.2, -0.15) is 0 Å². The molecular weight excluding hydrogens is 207 g/mol. The Morgan fingerprint density at radius 3 is 2.38 bits per heavy atom. The van der Waals surface area contributed by atoms with E-state index in [1.54, 1.807) is 0 Å². The van der Waals surface area contributed by atoms with Crippen molar-refractivity contribution in [2.24, 2.45) is 5.73 Å². The summed E-state index contributed by atoms with van der Waals surface area (Å²) in [5.74, 6) is 0. The summed E-state index contributed by atoms with van der Waals surface area (Å²) in [7, 11) is 0. The van der Waals surface area contributed by atoms with E-state index >= 15 is 0 Å². The highest BCUT2D eigenvalue weighted by atomic mass is 35.5. The minimum atomic E-state index is 0. The minimum absolute atomic E-state index is 0. The van der Waals surface area contributed by atoms with Crippen molar-refractivity contribution in [2.45, 2.75) is 18.9 Å². The van der Waals surface area contributed by atoms with E-state index in [-0.39, 0.29) is 24.8 Å². The first-order chi connectivity index (χ1) is 5.25. The molecular formula is C9H14Cl2N2. The third-order valence-electron chi connectivity index (χ3n) is 2.19. The van der Waals surface area contributed by atoms with Gasteiger partial charge < -0.3 is 11.5 Å². The van der Waals surface area contributed by atoms with E-state index in [4.69, 9.17) is 11.5 Å². The predicted molar refractivity (Wildman–Crippen MR) is 60.7 cm³/mol. The Balaban J connectivity index is 0.000000720. The number of benzene rings is 1. The quantitative estimate of drug-likeness (QED) is 0.653. The first-order valence-electron chi connectivity index (χ1n) is 3.88. The molecule has 0 aliphatic heterocycles. The average Bonchev–Trinajstić information content (AvgIpc) is 2.27. The molecule has 0 aromatic heterocycles. The lowest BCUT2D eigenvalue weighted by atomic mass is 10.1. The van der Waals surface area contributed by atoms with Gasteiger partial charge in [-0.25, -0.2) is 0 Å². The van der Waals surface area contributed by atoms with E-state index in [0.717, 1.165) is 18.5 Å². The lowest BCUT2D eigenvalue weighted by molar-refractivity contribution is 0.721. The zero-order valence-electron chi connectivity index (χ0n) is 7.19. The topological polar surface area (TPSA) is 52.0 Å². The highest BCUT2D eigenvalue weighted by molar-refractivity contribution is 5.85. The van der Waals surface area contributed by atoms with Crippen LogP contribution in [-0.4, -0.2) is 6.04 Å². The molecule has 74 valence electrons. The van der Waals surface area contributed by atoms with Crippen LogP contribution < -0.4 is 11.5 Å². The molecule has 0 fully saturated rings. The Bertz CT molecular complexity index is 289. The highest BCUT2D eigenvalue weighted by Gasteiger charge is 2.17. The molecule has 0 saturated heterocycles. The van der Waals surface area contributed by atoms with Gasteiger partial charge in [0.25, 0.3) is 0 Å². The van der Waals surface area contributed by atoms with Crippen LogP contribution in [0.1, 0.15) is 11.1 Å². The molecule has 2 rings (SSSR count). The summed E-state index contributed by atoms with van der Waals surface area (Å²) < 4.78 is 0. The molecule has 1 aliphatic rings. The molecule has 0 amide bonds. The maximum atomic E-state index is 5.79. The van der Waals surface area contributed by atoms with Crippen molar-refractivity contribution in [3.8, 4) is 0 Å². The van der Waals surface area contributed by atoms with Gasteiger partial charge in [0.2, 0.25) is 0 Å². The van der Waals surface area contributed by atoms with E-state index in [1.807, 2.05) is 12.1 Å². The molecule has 1 atom stereocenters. The number of nitrogen functional groups attached to an aromatic ring is 1. The van der Waals surface area contributed by atoms with Crippen molar-refractivity contribution < 1.29 is 0 Å². The van der Waals surface area contributed by atoms with Gasteiger partial charge in [-0.1, -0.05) is 6.07 Å². The second-order valence-electron chi connectivity index (χ2n) is 3.20.